The molecule has 1 aliphatic heterocycles. The maximum atomic E-state index is 11.7. The molecule has 0 N–H and O–H groups in total. The van der Waals surface area contributed by atoms with Gasteiger partial charge in [0.15, 0.2) is 4.32 Å². The summed E-state index contributed by atoms with van der Waals surface area (Å²) in [5, 5.41) is 18.2. The zero-order chi connectivity index (χ0) is 15.0. The van der Waals surface area contributed by atoms with E-state index in [-0.39, 0.29) is 29.3 Å². The first-order valence-electron chi connectivity index (χ1n) is 5.64. The molecule has 106 valence electrons. The molecule has 1 saturated heterocycles. The lowest BCUT2D eigenvalue weighted by Gasteiger charge is -2.07. The second kappa shape index (κ2) is 5.22. The third kappa shape index (κ3) is 2.50. The number of amides is 1. The Morgan fingerprint density at radius 2 is 2.05 bits per heavy atom. The van der Waals surface area contributed by atoms with E-state index < -0.39 is 4.92 Å². The van der Waals surface area contributed by atoms with Crippen LogP contribution in [-0.2, 0) is 4.79 Å². The number of non-ortho nitro benzene ring substituents is 1. The SMILES string of the molecule is O=C1CSC(=S)N1c1nnc(-c2ccc([N+](=O)[O-])cc2)o1. The van der Waals surface area contributed by atoms with Crippen LogP contribution in [0.2, 0.25) is 0 Å². The molecule has 0 radical (unpaired) electrons. The number of hydrogen-bond donors (Lipinski definition) is 0. The summed E-state index contributed by atoms with van der Waals surface area (Å²) >= 11 is 6.26. The van der Waals surface area contributed by atoms with Crippen LogP contribution in [0.25, 0.3) is 11.5 Å². The first kappa shape index (κ1) is 13.6. The number of carbonyl (C=O) groups excluding carboxylic acids is 1. The first-order chi connectivity index (χ1) is 10.1. The Morgan fingerprint density at radius 3 is 2.62 bits per heavy atom. The fourth-order valence-electron chi connectivity index (χ4n) is 1.69. The first-order valence-corrected chi connectivity index (χ1v) is 7.03. The molecule has 1 fully saturated rings. The van der Waals surface area contributed by atoms with Crippen LogP contribution >= 0.6 is 24.0 Å². The van der Waals surface area contributed by atoms with E-state index in [0.29, 0.717) is 9.88 Å². The van der Waals surface area contributed by atoms with Crippen molar-refractivity contribution in [2.45, 2.75) is 0 Å². The van der Waals surface area contributed by atoms with E-state index in [1.54, 1.807) is 0 Å². The molecule has 1 aromatic carbocycles. The number of thioether (sulfide) groups is 1. The Balaban J connectivity index is 1.89. The van der Waals surface area contributed by atoms with Gasteiger partial charge in [0.2, 0.25) is 11.8 Å². The summed E-state index contributed by atoms with van der Waals surface area (Å²) in [6, 6.07) is 5.66. The minimum absolute atomic E-state index is 0.00310. The Labute approximate surface area is 127 Å². The van der Waals surface area contributed by atoms with Crippen molar-refractivity contribution in [2.24, 2.45) is 0 Å². The van der Waals surface area contributed by atoms with Gasteiger partial charge in [-0.15, -0.1) is 5.10 Å². The summed E-state index contributed by atoms with van der Waals surface area (Å²) < 4.78 is 5.77. The van der Waals surface area contributed by atoms with Gasteiger partial charge < -0.3 is 4.42 Å². The third-order valence-corrected chi connectivity index (χ3v) is 4.04. The van der Waals surface area contributed by atoms with Crippen LogP contribution in [0.3, 0.4) is 0 Å². The molecular formula is C11H6N4O4S2. The molecule has 1 amide bonds. The lowest BCUT2D eigenvalue weighted by Crippen LogP contribution is -2.28. The van der Waals surface area contributed by atoms with E-state index in [9.17, 15) is 14.9 Å². The molecule has 0 bridgehead atoms. The smallest absolute Gasteiger partial charge is 0.331 e. The van der Waals surface area contributed by atoms with E-state index in [1.807, 2.05) is 0 Å². The number of benzene rings is 1. The van der Waals surface area contributed by atoms with Crippen LogP contribution in [0.4, 0.5) is 11.7 Å². The topological polar surface area (TPSA) is 102 Å². The highest BCUT2D eigenvalue weighted by Crippen LogP contribution is 2.28. The van der Waals surface area contributed by atoms with E-state index in [2.05, 4.69) is 10.2 Å². The maximum Gasteiger partial charge on any atom is 0.331 e. The molecule has 21 heavy (non-hydrogen) atoms. The number of aromatic nitrogens is 2. The van der Waals surface area contributed by atoms with Crippen LogP contribution in [0.1, 0.15) is 0 Å². The van der Waals surface area contributed by atoms with Crippen LogP contribution in [0.5, 0.6) is 0 Å². The highest BCUT2D eigenvalue weighted by Gasteiger charge is 2.32. The van der Waals surface area contributed by atoms with Gasteiger partial charge in [-0.05, 0) is 12.1 Å². The van der Waals surface area contributed by atoms with Crippen LogP contribution in [0.15, 0.2) is 28.7 Å². The van der Waals surface area contributed by atoms with Crippen molar-refractivity contribution in [1.29, 1.82) is 0 Å². The van der Waals surface area contributed by atoms with E-state index in [4.69, 9.17) is 16.6 Å². The average Bonchev–Trinajstić information content (AvgIpc) is 3.06. The summed E-state index contributed by atoms with van der Waals surface area (Å²) in [6.45, 7) is 0. The normalized spacial score (nSPS) is 14.8. The van der Waals surface area contributed by atoms with E-state index in [1.165, 1.54) is 40.9 Å². The monoisotopic (exact) mass is 322 g/mol. The summed E-state index contributed by atoms with van der Waals surface area (Å²) in [5.41, 5.74) is 0.482. The Morgan fingerprint density at radius 1 is 1.33 bits per heavy atom. The van der Waals surface area contributed by atoms with Crippen molar-refractivity contribution in [3.8, 4) is 11.5 Å². The highest BCUT2D eigenvalue weighted by molar-refractivity contribution is 8.24. The molecule has 0 spiro atoms. The van der Waals surface area contributed by atoms with Gasteiger partial charge in [0, 0.05) is 17.7 Å². The average molecular weight is 322 g/mol. The Hall–Kier alpha value is -2.33. The van der Waals surface area contributed by atoms with Crippen molar-refractivity contribution in [3.63, 3.8) is 0 Å². The molecule has 0 unspecified atom stereocenters. The van der Waals surface area contributed by atoms with Gasteiger partial charge >= 0.3 is 6.01 Å². The van der Waals surface area contributed by atoms with Gasteiger partial charge in [0.05, 0.1) is 10.7 Å². The van der Waals surface area contributed by atoms with Gasteiger partial charge in [-0.3, -0.25) is 14.9 Å². The van der Waals surface area contributed by atoms with Gasteiger partial charge in [-0.2, -0.15) is 0 Å². The number of thiocarbonyl (C=S) groups is 1. The number of anilines is 1. The predicted molar refractivity (Wildman–Crippen MR) is 78.9 cm³/mol. The van der Waals surface area contributed by atoms with Crippen molar-refractivity contribution in [2.75, 3.05) is 10.7 Å². The van der Waals surface area contributed by atoms with E-state index in [0.717, 1.165) is 0 Å². The summed E-state index contributed by atoms with van der Waals surface area (Å²) in [6.07, 6.45) is 0. The molecule has 2 heterocycles. The number of nitro benzene ring substituents is 1. The Bertz CT molecular complexity index is 727. The third-order valence-electron chi connectivity index (χ3n) is 2.68. The molecule has 1 aliphatic rings. The second-order valence-corrected chi connectivity index (χ2v) is 5.59. The molecular weight excluding hydrogens is 316 g/mol. The van der Waals surface area contributed by atoms with Gasteiger partial charge in [-0.1, -0.05) is 29.1 Å². The van der Waals surface area contributed by atoms with E-state index >= 15 is 0 Å². The number of nitro groups is 1. The van der Waals surface area contributed by atoms with Crippen LogP contribution < -0.4 is 4.90 Å². The fraction of sp³-hybridized carbons (Fsp3) is 0.0909. The molecule has 1 aromatic heterocycles. The predicted octanol–water partition coefficient (Wildman–Crippen LogP) is 2.01. The molecule has 8 nitrogen and oxygen atoms in total. The van der Waals surface area contributed by atoms with Gasteiger partial charge in [0.25, 0.3) is 5.69 Å². The van der Waals surface area contributed by atoms with Crippen molar-refractivity contribution in [1.82, 2.24) is 10.2 Å². The largest absolute Gasteiger partial charge is 0.403 e. The zero-order valence-corrected chi connectivity index (χ0v) is 11.9. The molecule has 2 aromatic rings. The number of carbonyl (C=O) groups is 1. The maximum absolute atomic E-state index is 11.7. The minimum atomic E-state index is -0.498. The number of nitrogens with zero attached hydrogens (tertiary/aromatic N) is 4. The number of rotatable bonds is 3. The minimum Gasteiger partial charge on any atom is -0.403 e. The molecule has 10 heteroatoms. The number of hydrogen-bond acceptors (Lipinski definition) is 8. The van der Waals surface area contributed by atoms with Crippen molar-refractivity contribution >= 4 is 45.9 Å². The zero-order valence-electron chi connectivity index (χ0n) is 10.3. The quantitative estimate of drug-likeness (QED) is 0.480. The molecule has 0 aliphatic carbocycles. The Kier molecular flexibility index (Phi) is 3.39. The molecule has 3 rings (SSSR count). The van der Waals surface area contributed by atoms with Crippen LogP contribution in [0, 0.1) is 10.1 Å². The lowest BCUT2D eigenvalue weighted by atomic mass is 10.2. The highest BCUT2D eigenvalue weighted by atomic mass is 32.2. The second-order valence-electron chi connectivity index (χ2n) is 3.98. The fourth-order valence-corrected chi connectivity index (χ4v) is 2.73. The van der Waals surface area contributed by atoms with Crippen molar-refractivity contribution < 1.29 is 14.1 Å². The van der Waals surface area contributed by atoms with Gasteiger partial charge in [-0.25, -0.2) is 4.90 Å². The van der Waals surface area contributed by atoms with Crippen molar-refractivity contribution in [3.05, 3.63) is 34.4 Å². The molecule has 0 atom stereocenters. The van der Waals surface area contributed by atoms with Crippen LogP contribution in [-0.4, -0.2) is 31.1 Å². The molecule has 0 saturated carbocycles. The van der Waals surface area contributed by atoms with Gasteiger partial charge in [0.1, 0.15) is 0 Å². The standard InChI is InChI=1S/C11H6N4O4S2/c16-8-5-21-11(20)14(8)10-13-12-9(19-10)6-1-3-7(4-2-6)15(17)18/h1-4H,5H2. The lowest BCUT2D eigenvalue weighted by molar-refractivity contribution is -0.384. The summed E-state index contributed by atoms with van der Waals surface area (Å²) in [5.74, 6) is 0.185. The summed E-state index contributed by atoms with van der Waals surface area (Å²) in [4.78, 5) is 22.9. The summed E-state index contributed by atoms with van der Waals surface area (Å²) in [7, 11) is 0.